The highest BCUT2D eigenvalue weighted by atomic mass is 15.2. The van der Waals surface area contributed by atoms with E-state index in [1.807, 2.05) is 0 Å². The van der Waals surface area contributed by atoms with E-state index in [0.29, 0.717) is 5.54 Å². The fourth-order valence-corrected chi connectivity index (χ4v) is 3.42. The van der Waals surface area contributed by atoms with Crippen LogP contribution < -0.4 is 5.32 Å². The quantitative estimate of drug-likeness (QED) is 0.813. The maximum Gasteiger partial charge on any atom is 0.0252 e. The molecule has 0 radical (unpaired) electrons. The van der Waals surface area contributed by atoms with Gasteiger partial charge in [0, 0.05) is 25.2 Å². The molecule has 0 aromatic carbocycles. The minimum absolute atomic E-state index is 0.319. The van der Waals surface area contributed by atoms with Crippen LogP contribution in [0, 0.1) is 11.8 Å². The largest absolute Gasteiger partial charge is 0.309 e. The van der Waals surface area contributed by atoms with Gasteiger partial charge in [-0.1, -0.05) is 32.6 Å². The molecule has 17 heavy (non-hydrogen) atoms. The summed E-state index contributed by atoms with van der Waals surface area (Å²) >= 11 is 0. The molecule has 0 amide bonds. The third kappa shape index (κ3) is 4.26. The first-order valence-corrected chi connectivity index (χ1v) is 7.52. The van der Waals surface area contributed by atoms with Gasteiger partial charge in [-0.25, -0.2) is 0 Å². The van der Waals surface area contributed by atoms with E-state index in [1.54, 1.807) is 0 Å². The Hall–Kier alpha value is -0.0800. The molecule has 1 N–H and O–H groups in total. The van der Waals surface area contributed by atoms with E-state index < -0.39 is 0 Å². The molecule has 0 aromatic rings. The molecule has 100 valence electrons. The number of hydrogen-bond acceptors (Lipinski definition) is 2. The molecule has 0 aromatic heterocycles. The molecular weight excluding hydrogens is 208 g/mol. The zero-order valence-electron chi connectivity index (χ0n) is 12.0. The molecule has 2 heteroatoms. The first-order valence-electron chi connectivity index (χ1n) is 7.52. The van der Waals surface area contributed by atoms with Gasteiger partial charge in [-0.3, -0.25) is 0 Å². The Bertz CT molecular complexity index is 229. The molecule has 0 spiro atoms. The molecular formula is C15H30N2. The smallest absolute Gasteiger partial charge is 0.0252 e. The lowest BCUT2D eigenvalue weighted by Crippen LogP contribution is -2.57. The van der Waals surface area contributed by atoms with Gasteiger partial charge in [-0.05, 0) is 38.6 Å². The summed E-state index contributed by atoms with van der Waals surface area (Å²) in [6.07, 6.45) is 7.34. The van der Waals surface area contributed by atoms with Gasteiger partial charge in [0.05, 0.1) is 0 Å². The van der Waals surface area contributed by atoms with E-state index in [4.69, 9.17) is 0 Å². The summed E-state index contributed by atoms with van der Waals surface area (Å²) in [5.74, 6) is 2.01. The summed E-state index contributed by atoms with van der Waals surface area (Å²) in [6.45, 7) is 12.0. The van der Waals surface area contributed by atoms with Gasteiger partial charge in [0.1, 0.15) is 0 Å². The van der Waals surface area contributed by atoms with Crippen LogP contribution in [0.4, 0.5) is 0 Å². The zero-order chi connectivity index (χ0) is 12.3. The SMILES string of the molecule is CC1CCC(CCN2CCNC(C)(C)C2)CC1. The molecule has 1 heterocycles. The fourth-order valence-electron chi connectivity index (χ4n) is 3.42. The molecule has 1 saturated carbocycles. The second-order valence-electron chi connectivity index (χ2n) is 7.00. The van der Waals surface area contributed by atoms with Crippen LogP contribution in [0.25, 0.3) is 0 Å². The van der Waals surface area contributed by atoms with Crippen molar-refractivity contribution in [3.05, 3.63) is 0 Å². The zero-order valence-corrected chi connectivity index (χ0v) is 12.0. The first-order chi connectivity index (χ1) is 8.05. The molecule has 1 aliphatic heterocycles. The van der Waals surface area contributed by atoms with Crippen molar-refractivity contribution in [2.75, 3.05) is 26.2 Å². The molecule has 2 rings (SSSR count). The average Bonchev–Trinajstić information content (AvgIpc) is 2.27. The van der Waals surface area contributed by atoms with Crippen LogP contribution in [0.1, 0.15) is 52.9 Å². The minimum atomic E-state index is 0.319. The van der Waals surface area contributed by atoms with Gasteiger partial charge in [0.2, 0.25) is 0 Å². The van der Waals surface area contributed by atoms with Crippen molar-refractivity contribution in [2.45, 2.75) is 58.4 Å². The monoisotopic (exact) mass is 238 g/mol. The Kier molecular flexibility index (Phi) is 4.48. The van der Waals surface area contributed by atoms with E-state index in [-0.39, 0.29) is 0 Å². The van der Waals surface area contributed by atoms with Crippen LogP contribution in [-0.4, -0.2) is 36.6 Å². The van der Waals surface area contributed by atoms with Crippen molar-refractivity contribution in [2.24, 2.45) is 11.8 Å². The summed E-state index contributed by atoms with van der Waals surface area (Å²) in [5, 5.41) is 3.59. The molecule has 2 fully saturated rings. The second-order valence-corrected chi connectivity index (χ2v) is 7.00. The van der Waals surface area contributed by atoms with Gasteiger partial charge in [-0.15, -0.1) is 0 Å². The van der Waals surface area contributed by atoms with Gasteiger partial charge in [-0.2, -0.15) is 0 Å². The van der Waals surface area contributed by atoms with Crippen LogP contribution >= 0.6 is 0 Å². The maximum atomic E-state index is 3.59. The molecule has 1 saturated heterocycles. The van der Waals surface area contributed by atoms with Gasteiger partial charge in [0.15, 0.2) is 0 Å². The standard InChI is InChI=1S/C15H30N2/c1-13-4-6-14(7-5-13)8-10-17-11-9-16-15(2,3)12-17/h13-14,16H,4-12H2,1-3H3. The van der Waals surface area contributed by atoms with Gasteiger partial charge >= 0.3 is 0 Å². The van der Waals surface area contributed by atoms with Gasteiger partial charge < -0.3 is 10.2 Å². The van der Waals surface area contributed by atoms with Crippen molar-refractivity contribution in [3.8, 4) is 0 Å². The van der Waals surface area contributed by atoms with E-state index >= 15 is 0 Å². The van der Waals surface area contributed by atoms with Crippen molar-refractivity contribution < 1.29 is 0 Å². The summed E-state index contributed by atoms with van der Waals surface area (Å²) in [5.41, 5.74) is 0.319. The highest BCUT2D eigenvalue weighted by Crippen LogP contribution is 2.30. The average molecular weight is 238 g/mol. The molecule has 0 bridgehead atoms. The normalized spacial score (nSPS) is 34.8. The lowest BCUT2D eigenvalue weighted by atomic mass is 9.81. The van der Waals surface area contributed by atoms with E-state index in [2.05, 4.69) is 31.0 Å². The summed E-state index contributed by atoms with van der Waals surface area (Å²) in [4.78, 5) is 2.66. The molecule has 0 unspecified atom stereocenters. The van der Waals surface area contributed by atoms with Crippen LogP contribution in [0.2, 0.25) is 0 Å². The third-order valence-electron chi connectivity index (χ3n) is 4.64. The number of nitrogens with one attached hydrogen (secondary N) is 1. The predicted octanol–water partition coefficient (Wildman–Crippen LogP) is 2.89. The molecule has 2 aliphatic rings. The van der Waals surface area contributed by atoms with Crippen molar-refractivity contribution >= 4 is 0 Å². The molecule has 1 aliphatic carbocycles. The lowest BCUT2D eigenvalue weighted by Gasteiger charge is -2.40. The number of piperazine rings is 1. The van der Waals surface area contributed by atoms with Gasteiger partial charge in [0.25, 0.3) is 0 Å². The fraction of sp³-hybridized carbons (Fsp3) is 1.00. The van der Waals surface area contributed by atoms with E-state index in [1.165, 1.54) is 51.7 Å². The van der Waals surface area contributed by atoms with E-state index in [0.717, 1.165) is 18.4 Å². The molecule has 0 atom stereocenters. The highest BCUT2D eigenvalue weighted by molar-refractivity contribution is 4.87. The highest BCUT2D eigenvalue weighted by Gasteiger charge is 2.26. The third-order valence-corrected chi connectivity index (χ3v) is 4.64. The molecule has 2 nitrogen and oxygen atoms in total. The summed E-state index contributed by atoms with van der Waals surface area (Å²) in [7, 11) is 0. The maximum absolute atomic E-state index is 3.59. The number of hydrogen-bond donors (Lipinski definition) is 1. The van der Waals surface area contributed by atoms with E-state index in [9.17, 15) is 0 Å². The minimum Gasteiger partial charge on any atom is -0.309 e. The second kappa shape index (κ2) is 5.71. The summed E-state index contributed by atoms with van der Waals surface area (Å²) in [6, 6.07) is 0. The van der Waals surface area contributed by atoms with Crippen LogP contribution in [-0.2, 0) is 0 Å². The van der Waals surface area contributed by atoms with Crippen molar-refractivity contribution in [3.63, 3.8) is 0 Å². The Morgan fingerprint density at radius 3 is 2.53 bits per heavy atom. The van der Waals surface area contributed by atoms with Crippen molar-refractivity contribution in [1.82, 2.24) is 10.2 Å². The summed E-state index contributed by atoms with van der Waals surface area (Å²) < 4.78 is 0. The van der Waals surface area contributed by atoms with Crippen LogP contribution in [0.3, 0.4) is 0 Å². The number of rotatable bonds is 3. The van der Waals surface area contributed by atoms with Crippen LogP contribution in [0.5, 0.6) is 0 Å². The van der Waals surface area contributed by atoms with Crippen molar-refractivity contribution in [1.29, 1.82) is 0 Å². The predicted molar refractivity (Wildman–Crippen MR) is 74.3 cm³/mol. The topological polar surface area (TPSA) is 15.3 Å². The Balaban J connectivity index is 1.68. The Morgan fingerprint density at radius 2 is 1.88 bits per heavy atom. The Morgan fingerprint density at radius 1 is 1.18 bits per heavy atom. The number of nitrogens with zero attached hydrogens (tertiary/aromatic N) is 1. The van der Waals surface area contributed by atoms with Crippen LogP contribution in [0.15, 0.2) is 0 Å². The first kappa shape index (κ1) is 13.4. The lowest BCUT2D eigenvalue weighted by molar-refractivity contribution is 0.139. The Labute approximate surface area is 107 Å².